The summed E-state index contributed by atoms with van der Waals surface area (Å²) >= 11 is 5.05. The lowest BCUT2D eigenvalue weighted by molar-refractivity contribution is 0.171. The molecule has 2 N–H and O–H groups in total. The van der Waals surface area contributed by atoms with E-state index in [2.05, 4.69) is 4.90 Å². The summed E-state index contributed by atoms with van der Waals surface area (Å²) < 4.78 is 10.8. The van der Waals surface area contributed by atoms with Crippen molar-refractivity contribution in [3.05, 3.63) is 24.3 Å². The van der Waals surface area contributed by atoms with Gasteiger partial charge in [0.1, 0.15) is 18.1 Å². The predicted octanol–water partition coefficient (Wildman–Crippen LogP) is 2.07. The molecule has 0 saturated carbocycles. The van der Waals surface area contributed by atoms with E-state index in [0.717, 1.165) is 44.0 Å². The average molecular weight is 294 g/mol. The predicted molar refractivity (Wildman–Crippen MR) is 84.4 cm³/mol. The van der Waals surface area contributed by atoms with Crippen LogP contribution in [-0.4, -0.2) is 43.2 Å². The van der Waals surface area contributed by atoms with E-state index >= 15 is 0 Å². The van der Waals surface area contributed by atoms with Gasteiger partial charge < -0.3 is 15.2 Å². The van der Waals surface area contributed by atoms with Gasteiger partial charge in [-0.05, 0) is 50.2 Å². The van der Waals surface area contributed by atoms with Crippen molar-refractivity contribution in [2.45, 2.75) is 12.8 Å². The second-order valence-corrected chi connectivity index (χ2v) is 5.51. The van der Waals surface area contributed by atoms with E-state index in [4.69, 9.17) is 27.4 Å². The zero-order chi connectivity index (χ0) is 14.4. The Hall–Kier alpha value is -1.33. The highest BCUT2D eigenvalue weighted by molar-refractivity contribution is 7.80. The van der Waals surface area contributed by atoms with Gasteiger partial charge in [-0.3, -0.25) is 4.90 Å². The number of likely N-dealkylation sites (tertiary alicyclic amines) is 1. The molecule has 2 rings (SSSR count). The van der Waals surface area contributed by atoms with Crippen LogP contribution in [0.1, 0.15) is 12.8 Å². The second kappa shape index (κ2) is 7.45. The van der Waals surface area contributed by atoms with Crippen molar-refractivity contribution < 1.29 is 9.47 Å². The summed E-state index contributed by atoms with van der Waals surface area (Å²) in [6.45, 7) is 3.74. The van der Waals surface area contributed by atoms with Crippen LogP contribution in [0, 0.1) is 5.92 Å². The molecule has 20 heavy (non-hydrogen) atoms. The molecule has 1 aliphatic rings. The molecule has 0 amide bonds. The fourth-order valence-electron chi connectivity index (χ4n) is 2.41. The largest absolute Gasteiger partial charge is 0.497 e. The third-order valence-electron chi connectivity index (χ3n) is 3.73. The number of hydrogen-bond acceptors (Lipinski definition) is 4. The van der Waals surface area contributed by atoms with Gasteiger partial charge in [0.15, 0.2) is 0 Å². The van der Waals surface area contributed by atoms with Crippen molar-refractivity contribution in [1.82, 2.24) is 4.90 Å². The highest BCUT2D eigenvalue weighted by atomic mass is 32.1. The quantitative estimate of drug-likeness (QED) is 0.814. The lowest BCUT2D eigenvalue weighted by Crippen LogP contribution is -2.39. The van der Waals surface area contributed by atoms with Crippen LogP contribution in [-0.2, 0) is 0 Å². The van der Waals surface area contributed by atoms with E-state index in [-0.39, 0.29) is 0 Å². The van der Waals surface area contributed by atoms with Crippen LogP contribution >= 0.6 is 12.2 Å². The Morgan fingerprint density at radius 2 is 1.85 bits per heavy atom. The third kappa shape index (κ3) is 4.35. The molecule has 0 spiro atoms. The number of piperidine rings is 1. The zero-order valence-corrected chi connectivity index (χ0v) is 12.7. The van der Waals surface area contributed by atoms with Crippen LogP contribution in [0.4, 0.5) is 0 Å². The standard InChI is InChI=1S/C15H22N2O2S/c1-18-13-2-4-14(5-3-13)19-11-10-17-8-6-12(7-9-17)15(16)20/h2-5,12H,6-11H2,1H3,(H2,16,20). The second-order valence-electron chi connectivity index (χ2n) is 5.04. The molecule has 110 valence electrons. The minimum Gasteiger partial charge on any atom is -0.497 e. The van der Waals surface area contributed by atoms with Crippen LogP contribution in [0.2, 0.25) is 0 Å². The minimum atomic E-state index is 0.420. The molecular formula is C15H22N2O2S. The monoisotopic (exact) mass is 294 g/mol. The maximum Gasteiger partial charge on any atom is 0.119 e. The van der Waals surface area contributed by atoms with Gasteiger partial charge in [-0.2, -0.15) is 0 Å². The summed E-state index contributed by atoms with van der Waals surface area (Å²) in [6, 6.07) is 7.67. The van der Waals surface area contributed by atoms with E-state index in [0.29, 0.717) is 17.5 Å². The molecule has 0 aromatic heterocycles. The van der Waals surface area contributed by atoms with Gasteiger partial charge in [-0.15, -0.1) is 0 Å². The lowest BCUT2D eigenvalue weighted by atomic mass is 9.97. The topological polar surface area (TPSA) is 47.7 Å². The van der Waals surface area contributed by atoms with Gasteiger partial charge in [0.25, 0.3) is 0 Å². The Balaban J connectivity index is 1.67. The van der Waals surface area contributed by atoms with Crippen LogP contribution < -0.4 is 15.2 Å². The smallest absolute Gasteiger partial charge is 0.119 e. The van der Waals surface area contributed by atoms with Crippen LogP contribution in [0.15, 0.2) is 24.3 Å². The number of benzene rings is 1. The number of nitrogens with two attached hydrogens (primary N) is 1. The number of thiocarbonyl (C=S) groups is 1. The SMILES string of the molecule is COc1ccc(OCCN2CCC(C(N)=S)CC2)cc1. The highest BCUT2D eigenvalue weighted by Crippen LogP contribution is 2.18. The fraction of sp³-hybridized carbons (Fsp3) is 0.533. The van der Waals surface area contributed by atoms with Crippen molar-refractivity contribution in [3.63, 3.8) is 0 Å². The molecule has 1 saturated heterocycles. The van der Waals surface area contributed by atoms with E-state index in [1.54, 1.807) is 7.11 Å². The molecule has 0 bridgehead atoms. The van der Waals surface area contributed by atoms with Gasteiger partial charge in [0.05, 0.1) is 12.1 Å². The van der Waals surface area contributed by atoms with Crippen molar-refractivity contribution in [1.29, 1.82) is 0 Å². The molecule has 1 aromatic carbocycles. The summed E-state index contributed by atoms with van der Waals surface area (Å²) in [4.78, 5) is 3.07. The maximum atomic E-state index is 5.73. The fourth-order valence-corrected chi connectivity index (χ4v) is 2.64. The molecule has 0 unspecified atom stereocenters. The molecule has 1 aliphatic heterocycles. The average Bonchev–Trinajstić information content (AvgIpc) is 2.48. The summed E-state index contributed by atoms with van der Waals surface area (Å²) in [5.41, 5.74) is 5.69. The molecular weight excluding hydrogens is 272 g/mol. The first-order chi connectivity index (χ1) is 9.69. The number of nitrogens with zero attached hydrogens (tertiary/aromatic N) is 1. The van der Waals surface area contributed by atoms with E-state index in [1.807, 2.05) is 24.3 Å². The first-order valence-corrected chi connectivity index (χ1v) is 7.38. The number of rotatable bonds is 6. The normalized spacial score (nSPS) is 16.9. The van der Waals surface area contributed by atoms with E-state index < -0.39 is 0 Å². The van der Waals surface area contributed by atoms with Crippen LogP contribution in [0.3, 0.4) is 0 Å². The van der Waals surface area contributed by atoms with Gasteiger partial charge in [0, 0.05) is 12.5 Å². The Morgan fingerprint density at radius 3 is 2.40 bits per heavy atom. The van der Waals surface area contributed by atoms with Crippen molar-refractivity contribution >= 4 is 17.2 Å². The molecule has 1 fully saturated rings. The first-order valence-electron chi connectivity index (χ1n) is 6.97. The Morgan fingerprint density at radius 1 is 1.25 bits per heavy atom. The number of ether oxygens (including phenoxy) is 2. The molecule has 4 nitrogen and oxygen atoms in total. The number of hydrogen-bond donors (Lipinski definition) is 1. The summed E-state index contributed by atoms with van der Waals surface area (Å²) in [5.74, 6) is 2.14. The van der Waals surface area contributed by atoms with E-state index in [9.17, 15) is 0 Å². The lowest BCUT2D eigenvalue weighted by Gasteiger charge is -2.31. The molecule has 0 aliphatic carbocycles. The Labute approximate surface area is 125 Å². The van der Waals surface area contributed by atoms with E-state index in [1.165, 1.54) is 0 Å². The number of methoxy groups -OCH3 is 1. The van der Waals surface area contributed by atoms with Crippen molar-refractivity contribution in [2.24, 2.45) is 11.7 Å². The van der Waals surface area contributed by atoms with Crippen molar-refractivity contribution in [2.75, 3.05) is 33.4 Å². The van der Waals surface area contributed by atoms with Gasteiger partial charge >= 0.3 is 0 Å². The van der Waals surface area contributed by atoms with Gasteiger partial charge in [0.2, 0.25) is 0 Å². The Bertz CT molecular complexity index is 428. The first kappa shape index (κ1) is 15.1. The van der Waals surface area contributed by atoms with Crippen LogP contribution in [0.25, 0.3) is 0 Å². The molecule has 0 radical (unpaired) electrons. The molecule has 1 heterocycles. The molecule has 0 atom stereocenters. The summed E-state index contributed by atoms with van der Waals surface area (Å²) in [5, 5.41) is 0. The minimum absolute atomic E-state index is 0.420. The summed E-state index contributed by atoms with van der Waals surface area (Å²) in [6.07, 6.45) is 2.13. The highest BCUT2D eigenvalue weighted by Gasteiger charge is 2.20. The third-order valence-corrected chi connectivity index (χ3v) is 4.06. The molecule has 1 aromatic rings. The maximum absolute atomic E-state index is 5.73. The Kier molecular flexibility index (Phi) is 5.61. The zero-order valence-electron chi connectivity index (χ0n) is 11.9. The van der Waals surface area contributed by atoms with Gasteiger partial charge in [-0.1, -0.05) is 12.2 Å². The van der Waals surface area contributed by atoms with Crippen molar-refractivity contribution in [3.8, 4) is 11.5 Å². The van der Waals surface area contributed by atoms with Crippen LogP contribution in [0.5, 0.6) is 11.5 Å². The molecule has 5 heteroatoms. The summed E-state index contributed by atoms with van der Waals surface area (Å²) in [7, 11) is 1.66. The van der Waals surface area contributed by atoms with Gasteiger partial charge in [-0.25, -0.2) is 0 Å².